The zero-order valence-electron chi connectivity index (χ0n) is 12.0. The first-order chi connectivity index (χ1) is 11.5. The quantitative estimate of drug-likeness (QED) is 0.411. The lowest BCUT2D eigenvalue weighted by Crippen LogP contribution is -1.91. The number of para-hydroxylation sites is 2. The third-order valence-corrected chi connectivity index (χ3v) is 4.13. The van der Waals surface area contributed by atoms with Gasteiger partial charge in [0.25, 0.3) is 5.69 Å². The van der Waals surface area contributed by atoms with Crippen molar-refractivity contribution >= 4 is 51.6 Å². The van der Waals surface area contributed by atoms with Gasteiger partial charge in [0.2, 0.25) is 0 Å². The van der Waals surface area contributed by atoms with E-state index >= 15 is 0 Å². The number of imidazole rings is 1. The van der Waals surface area contributed by atoms with Gasteiger partial charge in [0.1, 0.15) is 11.9 Å². The Kier molecular flexibility index (Phi) is 4.21. The average molecular weight is 359 g/mol. The Hall–Kier alpha value is -2.88. The van der Waals surface area contributed by atoms with Gasteiger partial charge in [-0.1, -0.05) is 35.3 Å². The van der Waals surface area contributed by atoms with Gasteiger partial charge in [-0.25, -0.2) is 4.98 Å². The fourth-order valence-corrected chi connectivity index (χ4v) is 2.58. The first-order valence-electron chi connectivity index (χ1n) is 6.70. The highest BCUT2D eigenvalue weighted by Gasteiger charge is 2.15. The predicted molar refractivity (Wildman–Crippen MR) is 92.7 cm³/mol. The number of rotatable bonds is 3. The normalized spacial score (nSPS) is 11.5. The van der Waals surface area contributed by atoms with Crippen LogP contribution in [0.1, 0.15) is 11.4 Å². The molecule has 2 aromatic carbocycles. The van der Waals surface area contributed by atoms with Crippen LogP contribution in [-0.2, 0) is 0 Å². The first-order valence-corrected chi connectivity index (χ1v) is 7.45. The summed E-state index contributed by atoms with van der Waals surface area (Å²) in [4.78, 5) is 17.7. The lowest BCUT2D eigenvalue weighted by atomic mass is 10.1. The summed E-state index contributed by atoms with van der Waals surface area (Å²) in [5.41, 5.74) is 1.73. The average Bonchev–Trinajstić information content (AvgIpc) is 2.99. The van der Waals surface area contributed by atoms with Crippen LogP contribution in [0.25, 0.3) is 22.7 Å². The van der Waals surface area contributed by atoms with E-state index < -0.39 is 4.92 Å². The summed E-state index contributed by atoms with van der Waals surface area (Å²) < 4.78 is 0. The lowest BCUT2D eigenvalue weighted by Gasteiger charge is -2.02. The summed E-state index contributed by atoms with van der Waals surface area (Å²) >= 11 is 12.0. The number of aromatic nitrogens is 2. The fraction of sp³-hybridized carbons (Fsp3) is 0. The number of hydrogen-bond donors (Lipinski definition) is 1. The smallest absolute Gasteiger partial charge is 0.271 e. The van der Waals surface area contributed by atoms with Crippen LogP contribution in [0.2, 0.25) is 10.0 Å². The number of hydrogen-bond acceptors (Lipinski definition) is 4. The molecule has 0 fully saturated rings. The molecule has 0 radical (unpaired) electrons. The van der Waals surface area contributed by atoms with Gasteiger partial charge in [-0.3, -0.25) is 10.1 Å². The Balaban J connectivity index is 2.14. The molecule has 0 bridgehead atoms. The maximum absolute atomic E-state index is 11.0. The van der Waals surface area contributed by atoms with E-state index in [0.717, 1.165) is 11.6 Å². The van der Waals surface area contributed by atoms with Crippen molar-refractivity contribution < 1.29 is 4.92 Å². The molecule has 0 saturated carbocycles. The SMILES string of the molecule is N#C/C(=C\c1cc([N+](=O)[O-])cc(Cl)c1Cl)c1nc2ccccc2[nH]1. The molecule has 1 aromatic heterocycles. The second-order valence-electron chi connectivity index (χ2n) is 4.86. The fourth-order valence-electron chi connectivity index (χ4n) is 2.20. The molecule has 8 heteroatoms. The molecule has 0 spiro atoms. The van der Waals surface area contributed by atoms with Crippen LogP contribution in [0.4, 0.5) is 5.69 Å². The van der Waals surface area contributed by atoms with Gasteiger partial charge in [0.15, 0.2) is 0 Å². The van der Waals surface area contributed by atoms with E-state index in [4.69, 9.17) is 23.2 Å². The van der Waals surface area contributed by atoms with Crippen LogP contribution in [-0.4, -0.2) is 14.9 Å². The largest absolute Gasteiger partial charge is 0.337 e. The van der Waals surface area contributed by atoms with Crippen molar-refractivity contribution in [3.05, 3.63) is 67.9 Å². The molecule has 6 nitrogen and oxygen atoms in total. The van der Waals surface area contributed by atoms with E-state index in [1.807, 2.05) is 30.3 Å². The van der Waals surface area contributed by atoms with Gasteiger partial charge in [0, 0.05) is 17.7 Å². The van der Waals surface area contributed by atoms with E-state index in [0.29, 0.717) is 11.3 Å². The van der Waals surface area contributed by atoms with Gasteiger partial charge in [-0.2, -0.15) is 5.26 Å². The van der Waals surface area contributed by atoms with Crippen LogP contribution in [0.15, 0.2) is 36.4 Å². The number of nitro benzene ring substituents is 1. The van der Waals surface area contributed by atoms with Crippen molar-refractivity contribution in [3.63, 3.8) is 0 Å². The van der Waals surface area contributed by atoms with Crippen molar-refractivity contribution in [1.82, 2.24) is 9.97 Å². The Morgan fingerprint density at radius 1 is 1.33 bits per heavy atom. The topological polar surface area (TPSA) is 95.6 Å². The molecule has 0 saturated heterocycles. The van der Waals surface area contributed by atoms with E-state index in [9.17, 15) is 15.4 Å². The molecular weight excluding hydrogens is 351 g/mol. The molecule has 3 rings (SSSR count). The lowest BCUT2D eigenvalue weighted by molar-refractivity contribution is -0.384. The Morgan fingerprint density at radius 3 is 2.75 bits per heavy atom. The molecule has 0 aliphatic heterocycles. The summed E-state index contributed by atoms with van der Waals surface area (Å²) in [6.07, 6.45) is 1.42. The molecule has 0 atom stereocenters. The summed E-state index contributed by atoms with van der Waals surface area (Å²) in [7, 11) is 0. The highest BCUT2D eigenvalue weighted by Crippen LogP contribution is 2.33. The van der Waals surface area contributed by atoms with Crippen LogP contribution >= 0.6 is 23.2 Å². The third kappa shape index (κ3) is 2.95. The van der Waals surface area contributed by atoms with Gasteiger partial charge in [-0.05, 0) is 18.2 Å². The Bertz CT molecular complexity index is 1000. The molecule has 0 aliphatic rings. The zero-order chi connectivity index (χ0) is 17.3. The van der Waals surface area contributed by atoms with Gasteiger partial charge in [-0.15, -0.1) is 0 Å². The highest BCUT2D eigenvalue weighted by molar-refractivity contribution is 6.43. The second-order valence-corrected chi connectivity index (χ2v) is 5.65. The Morgan fingerprint density at radius 2 is 2.08 bits per heavy atom. The van der Waals surface area contributed by atoms with Crippen molar-refractivity contribution in [3.8, 4) is 6.07 Å². The Labute approximate surface area is 146 Å². The number of nitrogens with zero attached hydrogens (tertiary/aromatic N) is 3. The number of aromatic amines is 1. The number of H-pyrrole nitrogens is 1. The molecular formula is C16H8Cl2N4O2. The number of fused-ring (bicyclic) bond motifs is 1. The molecule has 1 N–H and O–H groups in total. The summed E-state index contributed by atoms with van der Waals surface area (Å²) in [6.45, 7) is 0. The minimum atomic E-state index is -0.577. The monoisotopic (exact) mass is 358 g/mol. The van der Waals surface area contributed by atoms with Crippen LogP contribution in [0.5, 0.6) is 0 Å². The standard InChI is InChI=1S/C16H8Cl2N4O2/c17-12-7-11(22(23)24)6-9(15(12)18)5-10(8-19)16-20-13-3-1-2-4-14(13)21-16/h1-7H,(H,20,21)/b10-5+. The maximum atomic E-state index is 11.0. The molecule has 0 amide bonds. The summed E-state index contributed by atoms with van der Waals surface area (Å²) in [6, 6.07) is 11.8. The van der Waals surface area contributed by atoms with Crippen molar-refractivity contribution in [2.75, 3.05) is 0 Å². The number of nitrogens with one attached hydrogen (secondary N) is 1. The van der Waals surface area contributed by atoms with Crippen LogP contribution < -0.4 is 0 Å². The van der Waals surface area contributed by atoms with Gasteiger partial charge in [0.05, 0.1) is 31.6 Å². The third-order valence-electron chi connectivity index (χ3n) is 3.32. The highest BCUT2D eigenvalue weighted by atomic mass is 35.5. The number of nitriles is 1. The molecule has 3 aromatic rings. The minimum absolute atomic E-state index is 0.0408. The number of allylic oxidation sites excluding steroid dienone is 1. The molecule has 118 valence electrons. The molecule has 1 heterocycles. The van der Waals surface area contributed by atoms with E-state index in [-0.39, 0.29) is 26.9 Å². The molecule has 24 heavy (non-hydrogen) atoms. The van der Waals surface area contributed by atoms with Crippen molar-refractivity contribution in [1.29, 1.82) is 5.26 Å². The molecule has 0 aliphatic carbocycles. The van der Waals surface area contributed by atoms with Crippen LogP contribution in [0, 0.1) is 21.4 Å². The van der Waals surface area contributed by atoms with Gasteiger partial charge >= 0.3 is 0 Å². The second kappa shape index (κ2) is 6.32. The summed E-state index contributed by atoms with van der Waals surface area (Å²) in [5.74, 6) is 0.345. The minimum Gasteiger partial charge on any atom is -0.337 e. The first kappa shape index (κ1) is 16.0. The zero-order valence-corrected chi connectivity index (χ0v) is 13.5. The van der Waals surface area contributed by atoms with E-state index in [1.165, 1.54) is 12.1 Å². The van der Waals surface area contributed by atoms with E-state index in [1.54, 1.807) is 0 Å². The van der Waals surface area contributed by atoms with Crippen molar-refractivity contribution in [2.24, 2.45) is 0 Å². The number of nitro groups is 1. The predicted octanol–water partition coefficient (Wildman–Crippen LogP) is 4.84. The van der Waals surface area contributed by atoms with Crippen LogP contribution in [0.3, 0.4) is 0 Å². The number of halogens is 2. The van der Waals surface area contributed by atoms with E-state index in [2.05, 4.69) is 9.97 Å². The molecule has 0 unspecified atom stereocenters. The van der Waals surface area contributed by atoms with Crippen molar-refractivity contribution in [2.45, 2.75) is 0 Å². The number of non-ortho nitro benzene ring substituents is 1. The summed E-state index contributed by atoms with van der Waals surface area (Å²) in [5, 5.41) is 20.5. The number of benzene rings is 2. The van der Waals surface area contributed by atoms with Gasteiger partial charge < -0.3 is 4.98 Å². The maximum Gasteiger partial charge on any atom is 0.271 e.